The normalized spacial score (nSPS) is 10.2. The minimum atomic E-state index is -0.990. The molecule has 8 heteroatoms. The summed E-state index contributed by atoms with van der Waals surface area (Å²) in [6.45, 7) is 2.33. The topological polar surface area (TPSA) is 83.7 Å². The van der Waals surface area contributed by atoms with Crippen molar-refractivity contribution in [3.63, 3.8) is 0 Å². The second-order valence-corrected chi connectivity index (χ2v) is 4.14. The minimum absolute atomic E-state index is 0. The van der Waals surface area contributed by atoms with E-state index in [1.165, 1.54) is 12.1 Å². The fourth-order valence-electron chi connectivity index (χ4n) is 1.74. The highest BCUT2D eigenvalue weighted by molar-refractivity contribution is 5.85. The number of carboxylic acids is 1. The predicted octanol–water partition coefficient (Wildman–Crippen LogP) is 2.45. The van der Waals surface area contributed by atoms with Crippen LogP contribution >= 0.6 is 12.4 Å². The number of nitro benzene ring substituents is 1. The van der Waals surface area contributed by atoms with Gasteiger partial charge in [-0.3, -0.25) is 19.8 Å². The Kier molecular flexibility index (Phi) is 7.71. The van der Waals surface area contributed by atoms with Crippen molar-refractivity contribution in [1.29, 1.82) is 0 Å². The third kappa shape index (κ3) is 5.50. The highest BCUT2D eigenvalue weighted by Crippen LogP contribution is 2.18. The molecule has 0 spiro atoms. The summed E-state index contributed by atoms with van der Waals surface area (Å²) < 4.78 is 13.7. The molecular weight excluding hydrogens is 291 g/mol. The largest absolute Gasteiger partial charge is 0.480 e. The van der Waals surface area contributed by atoms with Gasteiger partial charge in [0, 0.05) is 18.2 Å². The first-order valence-corrected chi connectivity index (χ1v) is 5.81. The highest BCUT2D eigenvalue weighted by atomic mass is 35.5. The van der Waals surface area contributed by atoms with Gasteiger partial charge in [0.1, 0.15) is 5.82 Å². The first-order chi connectivity index (χ1) is 8.93. The number of nitro groups is 1. The van der Waals surface area contributed by atoms with Crippen LogP contribution < -0.4 is 0 Å². The molecule has 6 nitrogen and oxygen atoms in total. The van der Waals surface area contributed by atoms with Crippen molar-refractivity contribution in [3.8, 4) is 0 Å². The van der Waals surface area contributed by atoms with Crippen LogP contribution in [-0.2, 0) is 11.3 Å². The molecule has 0 aromatic heterocycles. The lowest BCUT2D eigenvalue weighted by Crippen LogP contribution is -2.30. The van der Waals surface area contributed by atoms with E-state index in [9.17, 15) is 19.3 Å². The molecule has 1 N–H and O–H groups in total. The van der Waals surface area contributed by atoms with E-state index in [0.717, 1.165) is 12.5 Å². The van der Waals surface area contributed by atoms with Gasteiger partial charge in [-0.2, -0.15) is 0 Å². The summed E-state index contributed by atoms with van der Waals surface area (Å²) in [5, 5.41) is 19.2. The monoisotopic (exact) mass is 306 g/mol. The van der Waals surface area contributed by atoms with Crippen LogP contribution in [0.4, 0.5) is 10.1 Å². The number of hydrogen-bond donors (Lipinski definition) is 1. The Labute approximate surface area is 121 Å². The Balaban J connectivity index is 0.00000361. The molecule has 20 heavy (non-hydrogen) atoms. The van der Waals surface area contributed by atoms with Crippen LogP contribution in [0.15, 0.2) is 18.2 Å². The summed E-state index contributed by atoms with van der Waals surface area (Å²) in [5.41, 5.74) is -0.0678. The number of nitrogens with zero attached hydrogens (tertiary/aromatic N) is 2. The van der Waals surface area contributed by atoms with E-state index in [1.54, 1.807) is 4.90 Å². The van der Waals surface area contributed by atoms with Crippen LogP contribution in [0.5, 0.6) is 0 Å². The van der Waals surface area contributed by atoms with Gasteiger partial charge in [-0.25, -0.2) is 4.39 Å². The fourth-order valence-corrected chi connectivity index (χ4v) is 1.74. The average Bonchev–Trinajstić information content (AvgIpc) is 2.31. The molecule has 0 amide bonds. The molecule has 0 unspecified atom stereocenters. The lowest BCUT2D eigenvalue weighted by molar-refractivity contribution is -0.385. The molecular formula is C12H16ClFN2O4. The SMILES string of the molecule is CCCN(CC(=O)O)Cc1ccc([N+](=O)[O-])cc1F.Cl. The maximum atomic E-state index is 13.7. The van der Waals surface area contributed by atoms with Gasteiger partial charge in [0.15, 0.2) is 0 Å². The zero-order chi connectivity index (χ0) is 14.4. The van der Waals surface area contributed by atoms with Gasteiger partial charge < -0.3 is 5.11 Å². The Morgan fingerprint density at radius 2 is 2.15 bits per heavy atom. The summed E-state index contributed by atoms with van der Waals surface area (Å²) >= 11 is 0. The van der Waals surface area contributed by atoms with Gasteiger partial charge in [-0.15, -0.1) is 12.4 Å². The van der Waals surface area contributed by atoms with Gasteiger partial charge in [0.2, 0.25) is 0 Å². The number of carbonyl (C=O) groups is 1. The maximum Gasteiger partial charge on any atom is 0.317 e. The first kappa shape index (κ1) is 18.3. The van der Waals surface area contributed by atoms with Crippen molar-refractivity contribution in [2.45, 2.75) is 19.9 Å². The second kappa shape index (κ2) is 8.44. The molecule has 1 rings (SSSR count). The van der Waals surface area contributed by atoms with Crippen LogP contribution in [0.1, 0.15) is 18.9 Å². The number of hydrogen-bond acceptors (Lipinski definition) is 4. The number of rotatable bonds is 7. The predicted molar refractivity (Wildman–Crippen MR) is 73.5 cm³/mol. The quantitative estimate of drug-likeness (QED) is 0.618. The number of carboxylic acid groups (broad SMARTS) is 1. The van der Waals surface area contributed by atoms with Gasteiger partial charge in [0.05, 0.1) is 17.5 Å². The number of halogens is 2. The van der Waals surface area contributed by atoms with Crippen molar-refractivity contribution in [1.82, 2.24) is 4.90 Å². The van der Waals surface area contributed by atoms with Gasteiger partial charge in [-0.1, -0.05) is 6.92 Å². The summed E-state index contributed by atoms with van der Waals surface area (Å²) in [6, 6.07) is 3.38. The Bertz CT molecular complexity index is 485. The standard InChI is InChI=1S/C12H15FN2O4.ClH/c1-2-5-14(8-12(16)17)7-9-3-4-10(15(18)19)6-11(9)13;/h3-4,6H,2,5,7-8H2,1H3,(H,16,17);1H. The summed E-state index contributed by atoms with van der Waals surface area (Å²) in [7, 11) is 0. The van der Waals surface area contributed by atoms with Crippen molar-refractivity contribution in [2.75, 3.05) is 13.1 Å². The molecule has 0 radical (unpaired) electrons. The average molecular weight is 307 g/mol. The van der Waals surface area contributed by atoms with Gasteiger partial charge in [-0.05, 0) is 19.0 Å². The third-order valence-corrected chi connectivity index (χ3v) is 2.54. The van der Waals surface area contributed by atoms with E-state index in [4.69, 9.17) is 5.11 Å². The molecule has 1 aromatic carbocycles. The zero-order valence-electron chi connectivity index (χ0n) is 10.9. The molecule has 112 valence electrons. The molecule has 0 fully saturated rings. The number of non-ortho nitro benzene ring substituents is 1. The van der Waals surface area contributed by atoms with Crippen LogP contribution in [0, 0.1) is 15.9 Å². The molecule has 0 atom stereocenters. The molecule has 0 saturated heterocycles. The Morgan fingerprint density at radius 3 is 2.60 bits per heavy atom. The van der Waals surface area contributed by atoms with E-state index in [0.29, 0.717) is 6.54 Å². The van der Waals surface area contributed by atoms with E-state index in [1.807, 2.05) is 6.92 Å². The number of benzene rings is 1. The Hall–Kier alpha value is -1.73. The van der Waals surface area contributed by atoms with Crippen molar-refractivity contribution in [2.24, 2.45) is 0 Å². The lowest BCUT2D eigenvalue weighted by atomic mass is 10.1. The maximum absolute atomic E-state index is 13.7. The molecule has 0 aliphatic rings. The summed E-state index contributed by atoms with van der Waals surface area (Å²) in [6.07, 6.45) is 0.738. The fraction of sp³-hybridized carbons (Fsp3) is 0.417. The first-order valence-electron chi connectivity index (χ1n) is 5.81. The van der Waals surface area contributed by atoms with Gasteiger partial charge in [0.25, 0.3) is 5.69 Å². The Morgan fingerprint density at radius 1 is 1.50 bits per heavy atom. The van der Waals surface area contributed by atoms with Crippen molar-refractivity contribution < 1.29 is 19.2 Å². The van der Waals surface area contributed by atoms with Crippen molar-refractivity contribution >= 4 is 24.1 Å². The smallest absolute Gasteiger partial charge is 0.317 e. The third-order valence-electron chi connectivity index (χ3n) is 2.54. The van der Waals surface area contributed by atoms with E-state index >= 15 is 0 Å². The van der Waals surface area contributed by atoms with Crippen molar-refractivity contribution in [3.05, 3.63) is 39.7 Å². The van der Waals surface area contributed by atoms with Crippen LogP contribution in [0.25, 0.3) is 0 Å². The van der Waals surface area contributed by atoms with E-state index < -0.39 is 16.7 Å². The highest BCUT2D eigenvalue weighted by Gasteiger charge is 2.15. The van der Waals surface area contributed by atoms with Crippen LogP contribution in [0.3, 0.4) is 0 Å². The number of aliphatic carboxylic acids is 1. The van der Waals surface area contributed by atoms with Crippen LogP contribution in [-0.4, -0.2) is 34.0 Å². The molecule has 0 aliphatic carbocycles. The molecule has 0 heterocycles. The van der Waals surface area contributed by atoms with E-state index in [2.05, 4.69) is 0 Å². The minimum Gasteiger partial charge on any atom is -0.480 e. The molecule has 0 aliphatic heterocycles. The van der Waals surface area contributed by atoms with Gasteiger partial charge >= 0.3 is 5.97 Å². The lowest BCUT2D eigenvalue weighted by Gasteiger charge is -2.19. The summed E-state index contributed by atoms with van der Waals surface area (Å²) in [4.78, 5) is 22.1. The molecule has 0 bridgehead atoms. The summed E-state index contributed by atoms with van der Waals surface area (Å²) in [5.74, 6) is -1.68. The van der Waals surface area contributed by atoms with E-state index in [-0.39, 0.29) is 36.7 Å². The molecule has 0 saturated carbocycles. The van der Waals surface area contributed by atoms with Crippen LogP contribution in [0.2, 0.25) is 0 Å². The zero-order valence-corrected chi connectivity index (χ0v) is 11.7. The molecule has 1 aromatic rings. The second-order valence-electron chi connectivity index (χ2n) is 4.14.